The van der Waals surface area contributed by atoms with Crippen molar-refractivity contribution in [1.29, 1.82) is 0 Å². The average Bonchev–Trinajstić information content (AvgIpc) is 2.37. The Morgan fingerprint density at radius 3 is 2.85 bits per heavy atom. The van der Waals surface area contributed by atoms with Gasteiger partial charge in [-0.2, -0.15) is 0 Å². The largest absolute Gasteiger partial charge is 0.484 e. The minimum atomic E-state index is -0.401. The Kier molecular flexibility index (Phi) is 4.44. The lowest BCUT2D eigenvalue weighted by molar-refractivity contribution is -0.386. The molecule has 1 aromatic carbocycles. The van der Waals surface area contributed by atoms with Gasteiger partial charge in [-0.05, 0) is 26.8 Å². The molecule has 1 atom stereocenters. The fraction of sp³-hybridized carbons (Fsp3) is 0.571. The Morgan fingerprint density at radius 2 is 2.25 bits per heavy atom. The number of hydrogen-bond donors (Lipinski definition) is 1. The zero-order valence-electron chi connectivity index (χ0n) is 12.1. The van der Waals surface area contributed by atoms with Crippen LogP contribution in [0.2, 0.25) is 0 Å². The topological polar surface area (TPSA) is 67.6 Å². The predicted molar refractivity (Wildman–Crippen MR) is 78.5 cm³/mol. The molecule has 1 N–H and O–H groups in total. The molecular formula is C14H21N3O3. The Morgan fingerprint density at radius 1 is 1.50 bits per heavy atom. The smallest absolute Gasteiger partial charge is 0.311 e. The number of rotatable bonds is 4. The van der Waals surface area contributed by atoms with Crippen LogP contribution in [0.15, 0.2) is 18.2 Å². The molecule has 6 heteroatoms. The molecular weight excluding hydrogens is 258 g/mol. The molecule has 0 unspecified atom stereocenters. The normalized spacial score (nSPS) is 19.2. The Bertz CT molecular complexity index is 491. The van der Waals surface area contributed by atoms with Crippen LogP contribution in [0, 0.1) is 10.1 Å². The molecule has 20 heavy (non-hydrogen) atoms. The summed E-state index contributed by atoms with van der Waals surface area (Å²) in [4.78, 5) is 12.9. The van der Waals surface area contributed by atoms with Crippen LogP contribution in [0.3, 0.4) is 0 Å². The van der Waals surface area contributed by atoms with Crippen LogP contribution >= 0.6 is 0 Å². The van der Waals surface area contributed by atoms with Crippen LogP contribution in [0.5, 0.6) is 5.75 Å². The molecule has 6 nitrogen and oxygen atoms in total. The summed E-state index contributed by atoms with van der Waals surface area (Å²) in [6.07, 6.45) is -0.0918. The highest BCUT2D eigenvalue weighted by atomic mass is 16.6. The molecule has 1 fully saturated rings. The summed E-state index contributed by atoms with van der Waals surface area (Å²) in [6.45, 7) is 8.55. The van der Waals surface area contributed by atoms with Gasteiger partial charge in [0.05, 0.1) is 11.0 Å². The van der Waals surface area contributed by atoms with Crippen molar-refractivity contribution in [2.45, 2.75) is 32.9 Å². The Balaban J connectivity index is 2.28. The summed E-state index contributed by atoms with van der Waals surface area (Å²) in [7, 11) is 0. The van der Waals surface area contributed by atoms with Gasteiger partial charge in [0.25, 0.3) is 0 Å². The lowest BCUT2D eigenvalue weighted by atomic mass is 10.2. The van der Waals surface area contributed by atoms with Crippen molar-refractivity contribution in [3.8, 4) is 5.75 Å². The molecule has 0 aliphatic carbocycles. The van der Waals surface area contributed by atoms with Gasteiger partial charge in [0.2, 0.25) is 0 Å². The van der Waals surface area contributed by atoms with Crippen molar-refractivity contribution in [1.82, 2.24) is 5.32 Å². The van der Waals surface area contributed by atoms with Gasteiger partial charge in [-0.15, -0.1) is 0 Å². The number of ether oxygens (including phenoxy) is 1. The highest BCUT2D eigenvalue weighted by Gasteiger charge is 2.21. The van der Waals surface area contributed by atoms with Crippen LogP contribution in [0.1, 0.15) is 20.8 Å². The third kappa shape index (κ3) is 3.39. The van der Waals surface area contributed by atoms with E-state index in [-0.39, 0.29) is 11.8 Å². The van der Waals surface area contributed by atoms with E-state index in [1.807, 2.05) is 13.8 Å². The number of hydrogen-bond acceptors (Lipinski definition) is 5. The van der Waals surface area contributed by atoms with Crippen molar-refractivity contribution in [3.05, 3.63) is 28.3 Å². The van der Waals surface area contributed by atoms with Gasteiger partial charge in [0.1, 0.15) is 0 Å². The van der Waals surface area contributed by atoms with E-state index in [1.165, 1.54) is 6.07 Å². The zero-order chi connectivity index (χ0) is 14.7. The standard InChI is InChI=1S/C14H21N3O3/c1-10(2)20-14-8-12(4-5-13(14)17(18)19)16-7-6-15-11(3)9-16/h4-5,8,10-11,15H,6-7,9H2,1-3H3/t11-/m0/s1. The summed E-state index contributed by atoms with van der Waals surface area (Å²) < 4.78 is 5.58. The first-order valence-electron chi connectivity index (χ1n) is 6.91. The van der Waals surface area contributed by atoms with Gasteiger partial charge in [0, 0.05) is 43.5 Å². The minimum absolute atomic E-state index is 0.0191. The molecule has 0 bridgehead atoms. The van der Waals surface area contributed by atoms with Crippen molar-refractivity contribution in [2.75, 3.05) is 24.5 Å². The molecule has 1 saturated heterocycles. The molecule has 1 heterocycles. The van der Waals surface area contributed by atoms with Crippen molar-refractivity contribution < 1.29 is 9.66 Å². The third-order valence-corrected chi connectivity index (χ3v) is 3.24. The minimum Gasteiger partial charge on any atom is -0.484 e. The first-order chi connectivity index (χ1) is 9.47. The number of nitro benzene ring substituents is 1. The van der Waals surface area contributed by atoms with E-state index in [9.17, 15) is 10.1 Å². The SMILES string of the molecule is CC(C)Oc1cc(N2CCN[C@@H](C)C2)ccc1[N+](=O)[O-]. The zero-order valence-corrected chi connectivity index (χ0v) is 12.1. The van der Waals surface area contributed by atoms with Crippen molar-refractivity contribution in [2.24, 2.45) is 0 Å². The number of nitrogens with zero attached hydrogens (tertiary/aromatic N) is 2. The highest BCUT2D eigenvalue weighted by Crippen LogP contribution is 2.32. The Hall–Kier alpha value is -1.82. The molecule has 2 rings (SSSR count). The van der Waals surface area contributed by atoms with Crippen molar-refractivity contribution in [3.63, 3.8) is 0 Å². The first kappa shape index (κ1) is 14.6. The van der Waals surface area contributed by atoms with E-state index in [1.54, 1.807) is 12.1 Å². The maximum absolute atomic E-state index is 11.0. The van der Waals surface area contributed by atoms with Gasteiger partial charge in [-0.1, -0.05) is 0 Å². The fourth-order valence-electron chi connectivity index (χ4n) is 2.37. The Labute approximate surface area is 118 Å². The summed E-state index contributed by atoms with van der Waals surface area (Å²) >= 11 is 0. The van der Waals surface area contributed by atoms with Gasteiger partial charge < -0.3 is 15.0 Å². The lowest BCUT2D eigenvalue weighted by Gasteiger charge is -2.33. The summed E-state index contributed by atoms with van der Waals surface area (Å²) in [5.74, 6) is 0.341. The molecule has 0 radical (unpaired) electrons. The summed E-state index contributed by atoms with van der Waals surface area (Å²) in [5.41, 5.74) is 0.991. The van der Waals surface area contributed by atoms with E-state index in [0.29, 0.717) is 11.8 Å². The highest BCUT2D eigenvalue weighted by molar-refractivity contribution is 5.59. The molecule has 0 aromatic heterocycles. The first-order valence-corrected chi connectivity index (χ1v) is 6.91. The number of nitro groups is 1. The van der Waals surface area contributed by atoms with E-state index in [2.05, 4.69) is 17.1 Å². The quantitative estimate of drug-likeness (QED) is 0.676. The van der Waals surface area contributed by atoms with Crippen LogP contribution < -0.4 is 15.0 Å². The lowest BCUT2D eigenvalue weighted by Crippen LogP contribution is -2.49. The molecule has 0 saturated carbocycles. The molecule has 1 aliphatic rings. The van der Waals surface area contributed by atoms with Crippen LogP contribution in [0.25, 0.3) is 0 Å². The molecule has 110 valence electrons. The number of benzene rings is 1. The summed E-state index contributed by atoms with van der Waals surface area (Å²) in [5, 5.41) is 14.4. The second kappa shape index (κ2) is 6.09. The van der Waals surface area contributed by atoms with Crippen LogP contribution in [-0.2, 0) is 0 Å². The monoisotopic (exact) mass is 279 g/mol. The van der Waals surface area contributed by atoms with E-state index in [0.717, 1.165) is 25.3 Å². The van der Waals surface area contributed by atoms with Crippen LogP contribution in [0.4, 0.5) is 11.4 Å². The maximum atomic E-state index is 11.0. The fourth-order valence-corrected chi connectivity index (χ4v) is 2.37. The predicted octanol–water partition coefficient (Wildman–Crippen LogP) is 2.18. The second-order valence-corrected chi connectivity index (χ2v) is 5.38. The average molecular weight is 279 g/mol. The van der Waals surface area contributed by atoms with E-state index >= 15 is 0 Å². The third-order valence-electron chi connectivity index (χ3n) is 3.24. The van der Waals surface area contributed by atoms with Crippen molar-refractivity contribution >= 4 is 11.4 Å². The second-order valence-electron chi connectivity index (χ2n) is 5.38. The number of piperazine rings is 1. The van der Waals surface area contributed by atoms with Gasteiger partial charge in [-0.3, -0.25) is 10.1 Å². The van der Waals surface area contributed by atoms with E-state index < -0.39 is 4.92 Å². The van der Waals surface area contributed by atoms with E-state index in [4.69, 9.17) is 4.74 Å². The summed E-state index contributed by atoms with van der Waals surface area (Å²) in [6, 6.07) is 5.51. The van der Waals surface area contributed by atoms with Gasteiger partial charge >= 0.3 is 5.69 Å². The van der Waals surface area contributed by atoms with Crippen LogP contribution in [-0.4, -0.2) is 36.7 Å². The number of nitrogens with one attached hydrogen (secondary N) is 1. The molecule has 0 amide bonds. The molecule has 1 aromatic rings. The maximum Gasteiger partial charge on any atom is 0.311 e. The van der Waals surface area contributed by atoms with Gasteiger partial charge in [0.15, 0.2) is 5.75 Å². The molecule has 0 spiro atoms. The van der Waals surface area contributed by atoms with Gasteiger partial charge in [-0.25, -0.2) is 0 Å². The number of anilines is 1. The molecule has 1 aliphatic heterocycles.